The van der Waals surface area contributed by atoms with Crippen LogP contribution in [0.1, 0.15) is 32.3 Å². The smallest absolute Gasteiger partial charge is 0.243 e. The van der Waals surface area contributed by atoms with Crippen molar-refractivity contribution in [1.29, 1.82) is 0 Å². The number of nitrogens with one attached hydrogen (secondary N) is 3. The van der Waals surface area contributed by atoms with E-state index in [2.05, 4.69) is 22.9 Å². The molecule has 0 aromatic heterocycles. The van der Waals surface area contributed by atoms with Gasteiger partial charge in [0.1, 0.15) is 5.75 Å². The zero-order valence-corrected chi connectivity index (χ0v) is 19.1. The van der Waals surface area contributed by atoms with Gasteiger partial charge in [-0.05, 0) is 61.7 Å². The lowest BCUT2D eigenvalue weighted by Gasteiger charge is -2.14. The molecule has 0 saturated carbocycles. The van der Waals surface area contributed by atoms with Crippen LogP contribution in [0, 0.1) is 0 Å². The van der Waals surface area contributed by atoms with Crippen LogP contribution in [-0.2, 0) is 16.0 Å². The Balaban J connectivity index is 1.42. The molecule has 0 aliphatic carbocycles. The maximum Gasteiger partial charge on any atom is 0.243 e. The fraction of sp³-hybridized carbons (Fsp3) is 0.259. The van der Waals surface area contributed by atoms with E-state index < -0.39 is 0 Å². The molecule has 0 aliphatic rings. The van der Waals surface area contributed by atoms with E-state index in [4.69, 9.17) is 4.74 Å². The molecule has 0 aliphatic heterocycles. The number of ether oxygens (including phenoxy) is 1. The maximum atomic E-state index is 12.3. The van der Waals surface area contributed by atoms with Gasteiger partial charge in [0.05, 0.1) is 12.6 Å². The lowest BCUT2D eigenvalue weighted by Crippen LogP contribution is -2.21. The van der Waals surface area contributed by atoms with Crippen LogP contribution in [0.3, 0.4) is 0 Å². The van der Waals surface area contributed by atoms with Crippen molar-refractivity contribution in [3.05, 3.63) is 84.4 Å². The van der Waals surface area contributed by atoms with Crippen molar-refractivity contribution in [3.63, 3.8) is 0 Å². The highest BCUT2D eigenvalue weighted by molar-refractivity contribution is 5.94. The van der Waals surface area contributed by atoms with Crippen LogP contribution in [-0.4, -0.2) is 24.5 Å². The third-order valence-electron chi connectivity index (χ3n) is 5.14. The highest BCUT2D eigenvalue weighted by atomic mass is 16.5. The van der Waals surface area contributed by atoms with E-state index in [-0.39, 0.29) is 24.5 Å². The van der Waals surface area contributed by atoms with Crippen LogP contribution in [0.5, 0.6) is 5.75 Å². The standard InChI is InChI=1S/C27H31N3O3/c1-3-20(2)33-25-11-7-10-24(18-25)30-27(32)19-28-22-13-15-23(16-14-22)29-26(31)17-12-21-8-5-4-6-9-21/h4-11,13-16,18,20,28H,3,12,17,19H2,1-2H3,(H,29,31)(H,30,32). The van der Waals surface area contributed by atoms with Gasteiger partial charge < -0.3 is 20.7 Å². The third kappa shape index (κ3) is 8.33. The Morgan fingerprint density at radius 2 is 1.52 bits per heavy atom. The predicted octanol–water partition coefficient (Wildman–Crippen LogP) is 5.49. The number of amides is 2. The molecular formula is C27H31N3O3. The molecule has 1 unspecified atom stereocenters. The SMILES string of the molecule is CCC(C)Oc1cccc(NC(=O)CNc2ccc(NC(=O)CCc3ccccc3)cc2)c1. The van der Waals surface area contributed by atoms with Gasteiger partial charge in [0.15, 0.2) is 0 Å². The number of carbonyl (C=O) groups is 2. The van der Waals surface area contributed by atoms with Gasteiger partial charge in [0, 0.05) is 29.5 Å². The molecule has 3 aromatic carbocycles. The van der Waals surface area contributed by atoms with E-state index in [1.165, 1.54) is 0 Å². The summed E-state index contributed by atoms with van der Waals surface area (Å²) in [5, 5.41) is 8.86. The van der Waals surface area contributed by atoms with E-state index in [1.807, 2.05) is 85.8 Å². The topological polar surface area (TPSA) is 79.5 Å². The highest BCUT2D eigenvalue weighted by Gasteiger charge is 2.07. The van der Waals surface area contributed by atoms with E-state index in [9.17, 15) is 9.59 Å². The van der Waals surface area contributed by atoms with Crippen molar-refractivity contribution in [1.82, 2.24) is 0 Å². The second kappa shape index (κ2) is 12.3. The van der Waals surface area contributed by atoms with E-state index in [1.54, 1.807) is 0 Å². The van der Waals surface area contributed by atoms with Gasteiger partial charge in [0.2, 0.25) is 11.8 Å². The minimum atomic E-state index is -0.158. The largest absolute Gasteiger partial charge is 0.491 e. The molecule has 0 heterocycles. The van der Waals surface area contributed by atoms with Crippen molar-refractivity contribution >= 4 is 28.9 Å². The summed E-state index contributed by atoms with van der Waals surface area (Å²) in [6, 6.07) is 24.6. The average molecular weight is 446 g/mol. The number of carbonyl (C=O) groups excluding carboxylic acids is 2. The molecule has 2 amide bonds. The Morgan fingerprint density at radius 1 is 0.818 bits per heavy atom. The number of hydrogen-bond donors (Lipinski definition) is 3. The normalized spacial score (nSPS) is 11.3. The van der Waals surface area contributed by atoms with Gasteiger partial charge in [-0.15, -0.1) is 0 Å². The van der Waals surface area contributed by atoms with E-state index in [0.29, 0.717) is 18.5 Å². The van der Waals surface area contributed by atoms with Gasteiger partial charge in [0.25, 0.3) is 0 Å². The Morgan fingerprint density at radius 3 is 2.24 bits per heavy atom. The lowest BCUT2D eigenvalue weighted by atomic mass is 10.1. The summed E-state index contributed by atoms with van der Waals surface area (Å²) in [5.74, 6) is 0.545. The molecule has 3 rings (SSSR count). The molecule has 6 heteroatoms. The summed E-state index contributed by atoms with van der Waals surface area (Å²) in [7, 11) is 0. The summed E-state index contributed by atoms with van der Waals surface area (Å²) >= 11 is 0. The van der Waals surface area contributed by atoms with E-state index in [0.717, 1.165) is 29.1 Å². The monoisotopic (exact) mass is 445 g/mol. The molecule has 3 N–H and O–H groups in total. The summed E-state index contributed by atoms with van der Waals surface area (Å²) in [6.45, 7) is 4.20. The van der Waals surface area contributed by atoms with Gasteiger partial charge in [-0.25, -0.2) is 0 Å². The van der Waals surface area contributed by atoms with Crippen LogP contribution >= 0.6 is 0 Å². The minimum Gasteiger partial charge on any atom is -0.491 e. The molecule has 0 fully saturated rings. The van der Waals surface area contributed by atoms with Crippen molar-refractivity contribution in [3.8, 4) is 5.75 Å². The average Bonchev–Trinajstić information content (AvgIpc) is 2.83. The zero-order chi connectivity index (χ0) is 23.5. The molecule has 0 spiro atoms. The maximum absolute atomic E-state index is 12.3. The van der Waals surface area contributed by atoms with Crippen molar-refractivity contribution < 1.29 is 14.3 Å². The summed E-state index contributed by atoms with van der Waals surface area (Å²) < 4.78 is 5.79. The van der Waals surface area contributed by atoms with Crippen LogP contribution in [0.25, 0.3) is 0 Å². The molecule has 0 saturated heterocycles. The molecule has 33 heavy (non-hydrogen) atoms. The zero-order valence-electron chi connectivity index (χ0n) is 19.1. The van der Waals surface area contributed by atoms with Crippen LogP contribution < -0.4 is 20.7 Å². The summed E-state index contributed by atoms with van der Waals surface area (Å²) in [5.41, 5.74) is 3.35. The van der Waals surface area contributed by atoms with Gasteiger partial charge in [-0.1, -0.05) is 43.3 Å². The first kappa shape index (κ1) is 23.9. The number of aryl methyl sites for hydroxylation is 1. The second-order valence-electron chi connectivity index (χ2n) is 7.88. The Labute approximate surface area is 195 Å². The Kier molecular flexibility index (Phi) is 8.88. The molecule has 0 radical (unpaired) electrons. The van der Waals surface area contributed by atoms with Crippen molar-refractivity contribution in [2.75, 3.05) is 22.5 Å². The molecule has 3 aromatic rings. The molecule has 0 bridgehead atoms. The second-order valence-corrected chi connectivity index (χ2v) is 7.88. The molecule has 1 atom stereocenters. The number of hydrogen-bond acceptors (Lipinski definition) is 4. The number of rotatable bonds is 11. The summed E-state index contributed by atoms with van der Waals surface area (Å²) in [6.07, 6.45) is 2.16. The van der Waals surface area contributed by atoms with Crippen LogP contribution in [0.4, 0.5) is 17.1 Å². The number of anilines is 3. The Bertz CT molecular complexity index is 1040. The predicted molar refractivity (Wildman–Crippen MR) is 134 cm³/mol. The molecule has 172 valence electrons. The highest BCUT2D eigenvalue weighted by Crippen LogP contribution is 2.19. The quantitative estimate of drug-likeness (QED) is 0.365. The third-order valence-corrected chi connectivity index (χ3v) is 5.14. The summed E-state index contributed by atoms with van der Waals surface area (Å²) in [4.78, 5) is 24.5. The first-order valence-corrected chi connectivity index (χ1v) is 11.3. The van der Waals surface area contributed by atoms with Crippen molar-refractivity contribution in [2.45, 2.75) is 39.2 Å². The fourth-order valence-corrected chi connectivity index (χ4v) is 3.15. The van der Waals surface area contributed by atoms with E-state index >= 15 is 0 Å². The van der Waals surface area contributed by atoms with Crippen molar-refractivity contribution in [2.24, 2.45) is 0 Å². The number of benzene rings is 3. The van der Waals surface area contributed by atoms with Gasteiger partial charge in [-0.2, -0.15) is 0 Å². The molecule has 6 nitrogen and oxygen atoms in total. The van der Waals surface area contributed by atoms with Gasteiger partial charge >= 0.3 is 0 Å². The van der Waals surface area contributed by atoms with Crippen LogP contribution in [0.2, 0.25) is 0 Å². The van der Waals surface area contributed by atoms with Crippen LogP contribution in [0.15, 0.2) is 78.9 Å². The minimum absolute atomic E-state index is 0.0292. The first-order valence-electron chi connectivity index (χ1n) is 11.3. The first-order chi connectivity index (χ1) is 16.0. The van der Waals surface area contributed by atoms with Gasteiger partial charge in [-0.3, -0.25) is 9.59 Å². The Hall–Kier alpha value is -3.80. The molecular weight excluding hydrogens is 414 g/mol. The lowest BCUT2D eigenvalue weighted by molar-refractivity contribution is -0.116. The fourth-order valence-electron chi connectivity index (χ4n) is 3.15.